The molecule has 1 fully saturated rings. The van der Waals surface area contributed by atoms with Gasteiger partial charge in [0.2, 0.25) is 0 Å². The Morgan fingerprint density at radius 1 is 1.00 bits per heavy atom. The Kier molecular flexibility index (Phi) is 3.02. The number of fused-ring (bicyclic) bond motifs is 1. The minimum absolute atomic E-state index is 0.943. The number of nitrogens with zero attached hydrogens (tertiary/aromatic N) is 1. The zero-order chi connectivity index (χ0) is 11.7. The van der Waals surface area contributed by atoms with Crippen LogP contribution in [-0.2, 0) is 10.8 Å². The molecule has 3 heteroatoms. The quantitative estimate of drug-likeness (QED) is 0.801. The first-order valence-electron chi connectivity index (χ1n) is 6.30. The maximum Gasteiger partial charge on any atom is 0.0825 e. The summed E-state index contributed by atoms with van der Waals surface area (Å²) in [4.78, 5) is 4.56. The molecule has 90 valence electrons. The molecule has 2 aliphatic heterocycles. The molecule has 2 nitrogen and oxygen atoms in total. The smallest absolute Gasteiger partial charge is 0.0825 e. The lowest BCUT2D eigenvalue weighted by Gasteiger charge is -2.27. The highest BCUT2D eigenvalue weighted by Crippen LogP contribution is 2.34. The van der Waals surface area contributed by atoms with E-state index in [4.69, 9.17) is 0 Å². The summed E-state index contributed by atoms with van der Waals surface area (Å²) in [5.74, 6) is 0. The second-order valence-electron chi connectivity index (χ2n) is 4.65. The van der Waals surface area contributed by atoms with Crippen molar-refractivity contribution in [2.24, 2.45) is 0 Å². The first kappa shape index (κ1) is 11.0. The Morgan fingerprint density at radius 2 is 1.71 bits per heavy atom. The van der Waals surface area contributed by atoms with Crippen LogP contribution in [0.3, 0.4) is 0 Å². The van der Waals surface area contributed by atoms with E-state index in [2.05, 4.69) is 4.90 Å². The second-order valence-corrected chi connectivity index (χ2v) is 6.15. The molecular weight excluding hydrogens is 230 g/mol. The number of allylic oxidation sites excluding steroid dienone is 2. The Bertz CT molecular complexity index is 466. The largest absolute Gasteiger partial charge is 0.374 e. The SMILES string of the molecule is O=S(C1=C2CCCN2CCC1)c1ccccc1. The third kappa shape index (κ3) is 2.04. The fourth-order valence-corrected chi connectivity index (χ4v) is 4.22. The zero-order valence-electron chi connectivity index (χ0n) is 9.89. The number of rotatable bonds is 2. The summed E-state index contributed by atoms with van der Waals surface area (Å²) in [6, 6.07) is 9.85. The monoisotopic (exact) mass is 247 g/mol. The van der Waals surface area contributed by atoms with Crippen molar-refractivity contribution in [3.63, 3.8) is 0 Å². The van der Waals surface area contributed by atoms with E-state index in [-0.39, 0.29) is 0 Å². The average Bonchev–Trinajstić information content (AvgIpc) is 2.87. The Morgan fingerprint density at radius 3 is 2.47 bits per heavy atom. The predicted octanol–water partition coefficient (Wildman–Crippen LogP) is 2.90. The van der Waals surface area contributed by atoms with Gasteiger partial charge in [-0.1, -0.05) is 18.2 Å². The molecule has 1 saturated heterocycles. The van der Waals surface area contributed by atoms with Crippen LogP contribution in [0.4, 0.5) is 0 Å². The zero-order valence-corrected chi connectivity index (χ0v) is 10.7. The van der Waals surface area contributed by atoms with Gasteiger partial charge in [0.25, 0.3) is 0 Å². The highest BCUT2D eigenvalue weighted by atomic mass is 32.2. The molecular formula is C14H17NOS. The van der Waals surface area contributed by atoms with Gasteiger partial charge in [0.05, 0.1) is 10.8 Å². The van der Waals surface area contributed by atoms with Gasteiger partial charge in [-0.05, 0) is 37.8 Å². The van der Waals surface area contributed by atoms with Crippen LogP contribution in [0.25, 0.3) is 0 Å². The van der Waals surface area contributed by atoms with Gasteiger partial charge in [-0.3, -0.25) is 0 Å². The minimum Gasteiger partial charge on any atom is -0.374 e. The maximum atomic E-state index is 12.6. The molecule has 0 saturated carbocycles. The minimum atomic E-state index is -0.943. The molecule has 0 aliphatic carbocycles. The molecule has 0 N–H and O–H groups in total. The van der Waals surface area contributed by atoms with E-state index in [1.165, 1.54) is 17.0 Å². The Hall–Kier alpha value is -1.09. The molecule has 0 aromatic heterocycles. The highest BCUT2D eigenvalue weighted by molar-refractivity contribution is 7.89. The van der Waals surface area contributed by atoms with Crippen molar-refractivity contribution in [1.82, 2.24) is 4.90 Å². The molecule has 0 bridgehead atoms. The van der Waals surface area contributed by atoms with E-state index in [1.54, 1.807) is 0 Å². The Balaban J connectivity index is 1.96. The van der Waals surface area contributed by atoms with Crippen molar-refractivity contribution in [3.05, 3.63) is 40.9 Å². The number of benzene rings is 1. The maximum absolute atomic E-state index is 12.6. The van der Waals surface area contributed by atoms with Crippen LogP contribution in [0.2, 0.25) is 0 Å². The lowest BCUT2D eigenvalue weighted by atomic mass is 10.1. The van der Waals surface area contributed by atoms with Gasteiger partial charge in [-0.15, -0.1) is 0 Å². The van der Waals surface area contributed by atoms with E-state index < -0.39 is 10.8 Å². The van der Waals surface area contributed by atoms with Crippen molar-refractivity contribution in [1.29, 1.82) is 0 Å². The fourth-order valence-electron chi connectivity index (χ4n) is 2.75. The highest BCUT2D eigenvalue weighted by Gasteiger charge is 2.27. The van der Waals surface area contributed by atoms with E-state index >= 15 is 0 Å². The van der Waals surface area contributed by atoms with Crippen LogP contribution >= 0.6 is 0 Å². The molecule has 1 unspecified atom stereocenters. The van der Waals surface area contributed by atoms with Crippen LogP contribution in [0.5, 0.6) is 0 Å². The third-order valence-corrected chi connectivity index (χ3v) is 5.15. The van der Waals surface area contributed by atoms with Crippen molar-refractivity contribution >= 4 is 10.8 Å². The summed E-state index contributed by atoms with van der Waals surface area (Å²) in [6.07, 6.45) is 4.50. The van der Waals surface area contributed by atoms with Crippen molar-refractivity contribution in [3.8, 4) is 0 Å². The molecule has 2 aliphatic rings. The van der Waals surface area contributed by atoms with Crippen molar-refractivity contribution in [2.75, 3.05) is 13.1 Å². The molecule has 3 rings (SSSR count). The van der Waals surface area contributed by atoms with Crippen LogP contribution in [0.1, 0.15) is 25.7 Å². The van der Waals surface area contributed by atoms with Gasteiger partial charge in [0.15, 0.2) is 0 Å². The predicted molar refractivity (Wildman–Crippen MR) is 69.9 cm³/mol. The van der Waals surface area contributed by atoms with Gasteiger partial charge < -0.3 is 4.90 Å². The number of hydrogen-bond acceptors (Lipinski definition) is 2. The fraction of sp³-hybridized carbons (Fsp3) is 0.429. The van der Waals surface area contributed by atoms with E-state index in [0.29, 0.717) is 0 Å². The molecule has 2 heterocycles. The van der Waals surface area contributed by atoms with Crippen molar-refractivity contribution < 1.29 is 4.21 Å². The van der Waals surface area contributed by atoms with E-state index in [9.17, 15) is 4.21 Å². The molecule has 0 radical (unpaired) electrons. The van der Waals surface area contributed by atoms with Gasteiger partial charge in [0.1, 0.15) is 0 Å². The van der Waals surface area contributed by atoms with Gasteiger partial charge in [-0.25, -0.2) is 4.21 Å². The summed E-state index contributed by atoms with van der Waals surface area (Å²) in [7, 11) is -0.943. The molecule has 1 atom stereocenters. The topological polar surface area (TPSA) is 20.3 Å². The third-order valence-electron chi connectivity index (χ3n) is 3.56. The summed E-state index contributed by atoms with van der Waals surface area (Å²) < 4.78 is 12.6. The summed E-state index contributed by atoms with van der Waals surface area (Å²) >= 11 is 0. The molecule has 17 heavy (non-hydrogen) atoms. The van der Waals surface area contributed by atoms with Gasteiger partial charge >= 0.3 is 0 Å². The van der Waals surface area contributed by atoms with Crippen LogP contribution < -0.4 is 0 Å². The van der Waals surface area contributed by atoms with E-state index in [1.807, 2.05) is 30.3 Å². The summed E-state index contributed by atoms with van der Waals surface area (Å²) in [6.45, 7) is 2.32. The average molecular weight is 247 g/mol. The van der Waals surface area contributed by atoms with Crippen molar-refractivity contribution in [2.45, 2.75) is 30.6 Å². The van der Waals surface area contributed by atoms with Crippen LogP contribution in [-0.4, -0.2) is 22.2 Å². The molecule has 1 aromatic carbocycles. The van der Waals surface area contributed by atoms with Crippen LogP contribution in [0, 0.1) is 0 Å². The lowest BCUT2D eigenvalue weighted by molar-refractivity contribution is 0.365. The first-order chi connectivity index (χ1) is 8.36. The van der Waals surface area contributed by atoms with Crippen LogP contribution in [0.15, 0.2) is 45.8 Å². The molecule has 1 aromatic rings. The standard InChI is InChI=1S/C14H17NOS/c16-17(12-6-2-1-3-7-12)14-9-5-11-15-10-4-8-13(14)15/h1-3,6-7H,4-5,8-11H2. The molecule has 0 spiro atoms. The van der Waals surface area contributed by atoms with Gasteiger partial charge in [-0.2, -0.15) is 0 Å². The van der Waals surface area contributed by atoms with Gasteiger partial charge in [0, 0.05) is 28.6 Å². The second kappa shape index (κ2) is 4.65. The first-order valence-corrected chi connectivity index (χ1v) is 7.45. The molecule has 0 amide bonds. The number of hydrogen-bond donors (Lipinski definition) is 0. The Labute approximate surface area is 105 Å². The summed E-state index contributed by atoms with van der Waals surface area (Å²) in [5.41, 5.74) is 1.37. The summed E-state index contributed by atoms with van der Waals surface area (Å²) in [5, 5.41) is 0. The normalized spacial score (nSPS) is 21.5. The van der Waals surface area contributed by atoms with E-state index in [0.717, 1.165) is 37.2 Å². The lowest BCUT2D eigenvalue weighted by Crippen LogP contribution is -2.25.